The van der Waals surface area contributed by atoms with Gasteiger partial charge >= 0.3 is 0 Å². The van der Waals surface area contributed by atoms with Gasteiger partial charge in [-0.05, 0) is 35.9 Å². The van der Waals surface area contributed by atoms with Crippen molar-refractivity contribution >= 4 is 11.8 Å². The fourth-order valence-corrected chi connectivity index (χ4v) is 3.45. The van der Waals surface area contributed by atoms with Crippen LogP contribution in [0.15, 0.2) is 54.9 Å². The van der Waals surface area contributed by atoms with Crippen LogP contribution < -0.4 is 4.74 Å². The van der Waals surface area contributed by atoms with Crippen molar-refractivity contribution < 1.29 is 14.3 Å². The Morgan fingerprint density at radius 3 is 2.47 bits per heavy atom. The molecule has 1 fully saturated rings. The number of carbonyl (C=O) groups is 2. The zero-order valence-electron chi connectivity index (χ0n) is 16.7. The molecule has 0 unspecified atom stereocenters. The molecule has 3 heterocycles. The highest BCUT2D eigenvalue weighted by Crippen LogP contribution is 2.18. The van der Waals surface area contributed by atoms with Gasteiger partial charge in [0.05, 0.1) is 19.2 Å². The van der Waals surface area contributed by atoms with Gasteiger partial charge in [-0.3, -0.25) is 19.7 Å². The Kier molecular flexibility index (Phi) is 5.74. The molecule has 1 aromatic carbocycles. The maximum absolute atomic E-state index is 12.8. The van der Waals surface area contributed by atoms with Crippen molar-refractivity contribution in [1.82, 2.24) is 25.0 Å². The lowest BCUT2D eigenvalue weighted by Gasteiger charge is -2.34. The molecule has 30 heavy (non-hydrogen) atoms. The first-order valence-electron chi connectivity index (χ1n) is 9.80. The van der Waals surface area contributed by atoms with Gasteiger partial charge in [-0.15, -0.1) is 0 Å². The van der Waals surface area contributed by atoms with Crippen LogP contribution >= 0.6 is 0 Å². The van der Waals surface area contributed by atoms with Gasteiger partial charge in [0.1, 0.15) is 11.4 Å². The Labute approximate surface area is 174 Å². The number of nitrogens with one attached hydrogen (secondary N) is 1. The van der Waals surface area contributed by atoms with Crippen molar-refractivity contribution in [2.45, 2.75) is 6.42 Å². The third-order valence-corrected chi connectivity index (χ3v) is 5.20. The summed E-state index contributed by atoms with van der Waals surface area (Å²) >= 11 is 0. The number of benzene rings is 1. The standard InChI is InChI=1S/C22H23N5O3/c1-30-18-6-4-16(5-7-18)13-21(28)26-9-11-27(12-10-26)22(29)20-14-19(24-25-20)17-3-2-8-23-15-17/h2-8,14-15H,9-13H2,1H3,(H,24,25). The van der Waals surface area contributed by atoms with E-state index in [4.69, 9.17) is 4.74 Å². The number of aromatic nitrogens is 3. The van der Waals surface area contributed by atoms with Crippen molar-refractivity contribution in [2.75, 3.05) is 33.3 Å². The van der Waals surface area contributed by atoms with Crippen LogP contribution in [-0.4, -0.2) is 70.1 Å². The minimum atomic E-state index is -0.111. The molecule has 4 rings (SSSR count). The third kappa shape index (κ3) is 4.32. The molecule has 2 aromatic heterocycles. The number of pyridine rings is 1. The number of ether oxygens (including phenoxy) is 1. The van der Waals surface area contributed by atoms with E-state index in [9.17, 15) is 9.59 Å². The first-order valence-corrected chi connectivity index (χ1v) is 9.80. The van der Waals surface area contributed by atoms with E-state index in [0.717, 1.165) is 16.9 Å². The minimum Gasteiger partial charge on any atom is -0.497 e. The van der Waals surface area contributed by atoms with Gasteiger partial charge in [0, 0.05) is 44.1 Å². The van der Waals surface area contributed by atoms with Crippen LogP contribution in [0.2, 0.25) is 0 Å². The first-order chi connectivity index (χ1) is 14.6. The third-order valence-electron chi connectivity index (χ3n) is 5.20. The molecule has 1 saturated heterocycles. The van der Waals surface area contributed by atoms with Crippen LogP contribution in [0.25, 0.3) is 11.3 Å². The number of rotatable bonds is 5. The number of H-pyrrole nitrogens is 1. The molecular weight excluding hydrogens is 382 g/mol. The highest BCUT2D eigenvalue weighted by Gasteiger charge is 2.26. The SMILES string of the molecule is COc1ccc(CC(=O)N2CCN(C(=O)c3cc(-c4cccnc4)n[nH]3)CC2)cc1. The molecule has 1 N–H and O–H groups in total. The highest BCUT2D eigenvalue weighted by atomic mass is 16.5. The Hall–Kier alpha value is -3.68. The molecule has 3 aromatic rings. The largest absolute Gasteiger partial charge is 0.497 e. The molecule has 154 valence electrons. The summed E-state index contributed by atoms with van der Waals surface area (Å²) in [5.41, 5.74) is 2.91. The van der Waals surface area contributed by atoms with Gasteiger partial charge in [0.2, 0.25) is 5.91 Å². The van der Waals surface area contributed by atoms with Crippen LogP contribution in [0.1, 0.15) is 16.1 Å². The van der Waals surface area contributed by atoms with E-state index < -0.39 is 0 Å². The first kappa shape index (κ1) is 19.6. The Morgan fingerprint density at radius 2 is 1.80 bits per heavy atom. The van der Waals surface area contributed by atoms with Gasteiger partial charge in [-0.2, -0.15) is 5.10 Å². The molecule has 8 nitrogen and oxygen atoms in total. The molecule has 0 spiro atoms. The summed E-state index contributed by atoms with van der Waals surface area (Å²) in [4.78, 5) is 33.0. The number of aromatic amines is 1. The fraction of sp³-hybridized carbons (Fsp3) is 0.273. The fourth-order valence-electron chi connectivity index (χ4n) is 3.45. The lowest BCUT2D eigenvalue weighted by Crippen LogP contribution is -2.51. The summed E-state index contributed by atoms with van der Waals surface area (Å²) in [5, 5.41) is 7.04. The van der Waals surface area contributed by atoms with Gasteiger partial charge in [0.25, 0.3) is 5.91 Å². The van der Waals surface area contributed by atoms with E-state index >= 15 is 0 Å². The van der Waals surface area contributed by atoms with Crippen LogP contribution in [0.3, 0.4) is 0 Å². The van der Waals surface area contributed by atoms with Crippen LogP contribution in [0.5, 0.6) is 5.75 Å². The maximum atomic E-state index is 12.8. The second-order valence-electron chi connectivity index (χ2n) is 7.11. The molecule has 8 heteroatoms. The number of methoxy groups -OCH3 is 1. The second-order valence-corrected chi connectivity index (χ2v) is 7.11. The van der Waals surface area contributed by atoms with Crippen molar-refractivity contribution in [2.24, 2.45) is 0 Å². The quantitative estimate of drug-likeness (QED) is 0.701. The second kappa shape index (κ2) is 8.77. The molecule has 0 aliphatic carbocycles. The molecule has 2 amide bonds. The van der Waals surface area contributed by atoms with Gasteiger partial charge < -0.3 is 14.5 Å². The summed E-state index contributed by atoms with van der Waals surface area (Å²) in [5.74, 6) is 0.719. The van der Waals surface area contributed by atoms with Crippen LogP contribution in [0, 0.1) is 0 Å². The monoisotopic (exact) mass is 405 g/mol. The van der Waals surface area contributed by atoms with Crippen LogP contribution in [-0.2, 0) is 11.2 Å². The van der Waals surface area contributed by atoms with Crippen molar-refractivity contribution in [1.29, 1.82) is 0 Å². The maximum Gasteiger partial charge on any atom is 0.272 e. The Morgan fingerprint density at radius 1 is 1.07 bits per heavy atom. The highest BCUT2D eigenvalue weighted by molar-refractivity contribution is 5.93. The van der Waals surface area contributed by atoms with E-state index in [1.54, 1.807) is 30.5 Å². The van der Waals surface area contributed by atoms with Gasteiger partial charge in [-0.25, -0.2) is 0 Å². The Bertz CT molecular complexity index is 1010. The molecule has 1 aliphatic rings. The molecule has 1 aliphatic heterocycles. The van der Waals surface area contributed by atoms with E-state index in [2.05, 4.69) is 15.2 Å². The predicted octanol–water partition coefficient (Wildman–Crippen LogP) is 2.01. The zero-order chi connectivity index (χ0) is 20.9. The van der Waals surface area contributed by atoms with Crippen molar-refractivity contribution in [3.63, 3.8) is 0 Å². The topological polar surface area (TPSA) is 91.4 Å². The van der Waals surface area contributed by atoms with Gasteiger partial charge in [-0.1, -0.05) is 12.1 Å². The van der Waals surface area contributed by atoms with E-state index in [0.29, 0.717) is 44.0 Å². The summed E-state index contributed by atoms with van der Waals surface area (Å²) in [6.45, 7) is 2.03. The summed E-state index contributed by atoms with van der Waals surface area (Å²) in [6, 6.07) is 13.0. The lowest BCUT2D eigenvalue weighted by molar-refractivity contribution is -0.131. The normalized spacial score (nSPS) is 13.9. The molecular formula is C22H23N5O3. The van der Waals surface area contributed by atoms with Gasteiger partial charge in [0.15, 0.2) is 0 Å². The number of nitrogens with zero attached hydrogens (tertiary/aromatic N) is 4. The summed E-state index contributed by atoms with van der Waals surface area (Å²) in [6.07, 6.45) is 3.74. The number of amides is 2. The summed E-state index contributed by atoms with van der Waals surface area (Å²) in [7, 11) is 1.61. The molecule has 0 saturated carbocycles. The van der Waals surface area contributed by atoms with Crippen molar-refractivity contribution in [3.8, 4) is 17.0 Å². The van der Waals surface area contributed by atoms with Crippen molar-refractivity contribution in [3.05, 3.63) is 66.1 Å². The van der Waals surface area contributed by atoms with E-state index in [1.165, 1.54) is 0 Å². The van der Waals surface area contributed by atoms with E-state index in [-0.39, 0.29) is 11.8 Å². The number of piperazine rings is 1. The number of hydrogen-bond acceptors (Lipinski definition) is 5. The van der Waals surface area contributed by atoms with Crippen LogP contribution in [0.4, 0.5) is 0 Å². The van der Waals surface area contributed by atoms with E-state index in [1.807, 2.05) is 41.3 Å². The predicted molar refractivity (Wildman–Crippen MR) is 111 cm³/mol. The number of carbonyl (C=O) groups excluding carboxylic acids is 2. The molecule has 0 bridgehead atoms. The zero-order valence-corrected chi connectivity index (χ0v) is 16.7. The summed E-state index contributed by atoms with van der Waals surface area (Å²) < 4.78 is 5.14. The Balaban J connectivity index is 1.32. The minimum absolute atomic E-state index is 0.0627. The average Bonchev–Trinajstić information content (AvgIpc) is 3.30. The molecule has 0 atom stereocenters. The number of hydrogen-bond donors (Lipinski definition) is 1. The lowest BCUT2D eigenvalue weighted by atomic mass is 10.1. The molecule has 0 radical (unpaired) electrons. The smallest absolute Gasteiger partial charge is 0.272 e. The average molecular weight is 405 g/mol.